The zero-order valence-electron chi connectivity index (χ0n) is 14.2. The van der Waals surface area contributed by atoms with Gasteiger partial charge in [0.05, 0.1) is 19.8 Å². The van der Waals surface area contributed by atoms with Crippen LogP contribution in [0.5, 0.6) is 5.75 Å². The van der Waals surface area contributed by atoms with Gasteiger partial charge >= 0.3 is 0 Å². The summed E-state index contributed by atoms with van der Waals surface area (Å²) in [6, 6.07) is 8.08. The lowest BCUT2D eigenvalue weighted by molar-refractivity contribution is 0.0389. The van der Waals surface area contributed by atoms with Crippen LogP contribution in [0.25, 0.3) is 0 Å². The Kier molecular flexibility index (Phi) is 7.69. The third kappa shape index (κ3) is 6.08. The highest BCUT2D eigenvalue weighted by atomic mass is 16.5. The molecule has 1 aromatic carbocycles. The number of para-hydroxylation sites is 1. The average Bonchev–Trinajstić information content (AvgIpc) is 2.60. The number of morpholine rings is 1. The van der Waals surface area contributed by atoms with Gasteiger partial charge in [-0.3, -0.25) is 9.89 Å². The van der Waals surface area contributed by atoms with E-state index in [0.717, 1.165) is 56.7 Å². The molecule has 0 radical (unpaired) electrons. The summed E-state index contributed by atoms with van der Waals surface area (Å²) < 4.78 is 11.0. The van der Waals surface area contributed by atoms with Crippen molar-refractivity contribution in [2.24, 2.45) is 4.99 Å². The van der Waals surface area contributed by atoms with E-state index in [2.05, 4.69) is 26.6 Å². The Morgan fingerprint density at radius 3 is 2.78 bits per heavy atom. The summed E-state index contributed by atoms with van der Waals surface area (Å²) in [5.74, 6) is 1.73. The van der Waals surface area contributed by atoms with E-state index < -0.39 is 0 Å². The van der Waals surface area contributed by atoms with Crippen LogP contribution in [0.1, 0.15) is 12.5 Å². The molecule has 1 saturated heterocycles. The largest absolute Gasteiger partial charge is 0.494 e. The topological polar surface area (TPSA) is 58.1 Å². The molecule has 23 heavy (non-hydrogen) atoms. The van der Waals surface area contributed by atoms with Crippen LogP contribution in [0, 0.1) is 0 Å². The van der Waals surface area contributed by atoms with E-state index in [-0.39, 0.29) is 0 Å². The Labute approximate surface area is 138 Å². The number of ether oxygens (including phenoxy) is 2. The van der Waals surface area contributed by atoms with E-state index in [1.165, 1.54) is 0 Å². The monoisotopic (exact) mass is 320 g/mol. The number of aliphatic imine (C=N–C) groups is 1. The Balaban J connectivity index is 1.74. The highest BCUT2D eigenvalue weighted by molar-refractivity contribution is 5.79. The maximum atomic E-state index is 5.64. The maximum Gasteiger partial charge on any atom is 0.191 e. The molecule has 0 spiro atoms. The van der Waals surface area contributed by atoms with Crippen molar-refractivity contribution in [2.45, 2.75) is 13.5 Å². The Morgan fingerprint density at radius 2 is 2.04 bits per heavy atom. The first kappa shape index (κ1) is 17.6. The summed E-state index contributed by atoms with van der Waals surface area (Å²) in [5.41, 5.74) is 1.13. The number of hydrogen-bond donors (Lipinski definition) is 2. The van der Waals surface area contributed by atoms with E-state index in [1.54, 1.807) is 7.05 Å². The van der Waals surface area contributed by atoms with Crippen molar-refractivity contribution in [2.75, 3.05) is 53.0 Å². The molecular formula is C17H28N4O2. The van der Waals surface area contributed by atoms with Gasteiger partial charge in [0.15, 0.2) is 5.96 Å². The van der Waals surface area contributed by atoms with Gasteiger partial charge in [-0.1, -0.05) is 18.2 Å². The molecule has 0 atom stereocenters. The molecule has 2 N–H and O–H groups in total. The first-order valence-corrected chi connectivity index (χ1v) is 8.28. The second kappa shape index (κ2) is 10.1. The summed E-state index contributed by atoms with van der Waals surface area (Å²) in [5, 5.41) is 6.69. The lowest BCUT2D eigenvalue weighted by Crippen LogP contribution is -2.44. The van der Waals surface area contributed by atoms with Gasteiger partial charge in [-0.15, -0.1) is 0 Å². The Morgan fingerprint density at radius 1 is 1.26 bits per heavy atom. The molecule has 0 unspecified atom stereocenters. The normalized spacial score (nSPS) is 16.2. The first-order valence-electron chi connectivity index (χ1n) is 8.28. The SMILES string of the molecule is CCOc1ccccc1CNC(=NC)NCCN1CCOCC1. The molecule has 1 heterocycles. The van der Waals surface area contributed by atoms with Crippen LogP contribution in [0.3, 0.4) is 0 Å². The van der Waals surface area contributed by atoms with Gasteiger partial charge in [-0.05, 0) is 13.0 Å². The standard InChI is InChI=1S/C17H28N4O2/c1-3-23-16-7-5-4-6-15(16)14-20-17(18-2)19-8-9-21-10-12-22-13-11-21/h4-7H,3,8-14H2,1-2H3,(H2,18,19,20). The molecule has 1 aliphatic heterocycles. The smallest absolute Gasteiger partial charge is 0.191 e. The number of guanidine groups is 1. The fourth-order valence-corrected chi connectivity index (χ4v) is 2.50. The first-order chi connectivity index (χ1) is 11.3. The van der Waals surface area contributed by atoms with Crippen LogP contribution in [0.2, 0.25) is 0 Å². The third-order valence-corrected chi connectivity index (χ3v) is 3.77. The maximum absolute atomic E-state index is 5.64. The zero-order valence-corrected chi connectivity index (χ0v) is 14.2. The lowest BCUT2D eigenvalue weighted by Gasteiger charge is -2.26. The van der Waals surface area contributed by atoms with Crippen molar-refractivity contribution in [3.63, 3.8) is 0 Å². The van der Waals surface area contributed by atoms with Crippen molar-refractivity contribution in [3.8, 4) is 5.75 Å². The number of hydrogen-bond acceptors (Lipinski definition) is 4. The van der Waals surface area contributed by atoms with Crippen LogP contribution in [0.15, 0.2) is 29.3 Å². The molecule has 0 aliphatic carbocycles. The van der Waals surface area contributed by atoms with Crippen LogP contribution in [-0.2, 0) is 11.3 Å². The molecule has 0 bridgehead atoms. The van der Waals surface area contributed by atoms with E-state index in [1.807, 2.05) is 25.1 Å². The van der Waals surface area contributed by atoms with E-state index in [0.29, 0.717) is 13.2 Å². The minimum Gasteiger partial charge on any atom is -0.494 e. The fourth-order valence-electron chi connectivity index (χ4n) is 2.50. The number of nitrogens with one attached hydrogen (secondary N) is 2. The summed E-state index contributed by atoms with van der Waals surface area (Å²) in [6.45, 7) is 8.91. The molecule has 0 aromatic heterocycles. The van der Waals surface area contributed by atoms with Crippen LogP contribution < -0.4 is 15.4 Å². The van der Waals surface area contributed by atoms with Gasteiger partial charge in [0.25, 0.3) is 0 Å². The number of benzene rings is 1. The Hall–Kier alpha value is -1.79. The molecule has 6 heteroatoms. The number of nitrogens with zero attached hydrogens (tertiary/aromatic N) is 2. The van der Waals surface area contributed by atoms with E-state index in [9.17, 15) is 0 Å². The minimum absolute atomic E-state index is 0.670. The molecule has 1 aliphatic rings. The molecule has 1 fully saturated rings. The van der Waals surface area contributed by atoms with Crippen molar-refractivity contribution in [1.82, 2.24) is 15.5 Å². The fraction of sp³-hybridized carbons (Fsp3) is 0.588. The summed E-state index contributed by atoms with van der Waals surface area (Å²) in [4.78, 5) is 6.67. The van der Waals surface area contributed by atoms with Gasteiger partial charge in [0.1, 0.15) is 5.75 Å². The third-order valence-electron chi connectivity index (χ3n) is 3.77. The van der Waals surface area contributed by atoms with Gasteiger partial charge in [0, 0.05) is 45.3 Å². The quantitative estimate of drug-likeness (QED) is 0.582. The summed E-state index contributed by atoms with van der Waals surface area (Å²) >= 11 is 0. The molecule has 2 rings (SSSR count). The van der Waals surface area contributed by atoms with Gasteiger partial charge in [-0.25, -0.2) is 0 Å². The average molecular weight is 320 g/mol. The van der Waals surface area contributed by atoms with E-state index in [4.69, 9.17) is 9.47 Å². The van der Waals surface area contributed by atoms with Crippen molar-refractivity contribution in [3.05, 3.63) is 29.8 Å². The van der Waals surface area contributed by atoms with Crippen LogP contribution in [-0.4, -0.2) is 63.9 Å². The van der Waals surface area contributed by atoms with Crippen molar-refractivity contribution >= 4 is 5.96 Å². The molecule has 6 nitrogen and oxygen atoms in total. The summed E-state index contributed by atoms with van der Waals surface area (Å²) in [7, 11) is 1.79. The molecule has 0 saturated carbocycles. The predicted molar refractivity (Wildman–Crippen MR) is 93.1 cm³/mol. The second-order valence-electron chi connectivity index (χ2n) is 5.35. The Bertz CT molecular complexity index is 487. The van der Waals surface area contributed by atoms with Gasteiger partial charge in [0.2, 0.25) is 0 Å². The van der Waals surface area contributed by atoms with Crippen molar-refractivity contribution in [1.29, 1.82) is 0 Å². The highest BCUT2D eigenvalue weighted by Gasteiger charge is 2.10. The molecular weight excluding hydrogens is 292 g/mol. The summed E-state index contributed by atoms with van der Waals surface area (Å²) in [6.07, 6.45) is 0. The predicted octanol–water partition coefficient (Wildman–Crippen LogP) is 1.08. The van der Waals surface area contributed by atoms with Gasteiger partial charge in [-0.2, -0.15) is 0 Å². The van der Waals surface area contributed by atoms with Gasteiger partial charge < -0.3 is 20.1 Å². The highest BCUT2D eigenvalue weighted by Crippen LogP contribution is 2.17. The lowest BCUT2D eigenvalue weighted by atomic mass is 10.2. The minimum atomic E-state index is 0.670. The molecule has 1 aromatic rings. The zero-order chi connectivity index (χ0) is 16.3. The van der Waals surface area contributed by atoms with Crippen LogP contribution >= 0.6 is 0 Å². The number of rotatable bonds is 7. The van der Waals surface area contributed by atoms with E-state index >= 15 is 0 Å². The molecule has 128 valence electrons. The van der Waals surface area contributed by atoms with Crippen molar-refractivity contribution < 1.29 is 9.47 Å². The molecule has 0 amide bonds. The van der Waals surface area contributed by atoms with Crippen LogP contribution in [0.4, 0.5) is 0 Å². The second-order valence-corrected chi connectivity index (χ2v) is 5.35.